The van der Waals surface area contributed by atoms with Crippen LogP contribution in [0.5, 0.6) is 5.75 Å². The highest BCUT2D eigenvalue weighted by Gasteiger charge is 2.15. The topological polar surface area (TPSA) is 81.4 Å². The molecule has 3 aromatic rings. The van der Waals surface area contributed by atoms with Crippen molar-refractivity contribution in [3.8, 4) is 5.75 Å². The standard InChI is InChI=1S/C26H28N2O3/c27-25(29)16-13-23(28-26(30)18-20-7-3-1-4-8-20)17-21-11-14-24(15-12-21)31-19-22-9-5-2-6-10-22/h1-12,14-15,23H,13,16-19H2,(H2,27,29)(H,28,30)/t23-/m0/s1. The molecule has 0 radical (unpaired) electrons. The van der Waals surface area contributed by atoms with Gasteiger partial charge in [0.05, 0.1) is 6.42 Å². The summed E-state index contributed by atoms with van der Waals surface area (Å²) in [6.45, 7) is 0.511. The van der Waals surface area contributed by atoms with E-state index in [2.05, 4.69) is 5.32 Å². The predicted molar refractivity (Wildman–Crippen MR) is 121 cm³/mol. The molecule has 0 unspecified atom stereocenters. The van der Waals surface area contributed by atoms with Gasteiger partial charge in [0.15, 0.2) is 0 Å². The lowest BCUT2D eigenvalue weighted by Gasteiger charge is -2.19. The van der Waals surface area contributed by atoms with Crippen LogP contribution in [0.1, 0.15) is 29.5 Å². The molecule has 0 saturated heterocycles. The van der Waals surface area contributed by atoms with Gasteiger partial charge in [0, 0.05) is 12.5 Å². The first-order chi connectivity index (χ1) is 15.1. The fraction of sp³-hybridized carbons (Fsp3) is 0.231. The largest absolute Gasteiger partial charge is 0.489 e. The molecule has 0 bridgehead atoms. The quantitative estimate of drug-likeness (QED) is 0.499. The maximum Gasteiger partial charge on any atom is 0.224 e. The second-order valence-corrected chi connectivity index (χ2v) is 7.55. The molecule has 5 nitrogen and oxygen atoms in total. The Bertz CT molecular complexity index is 957. The zero-order chi connectivity index (χ0) is 21.9. The van der Waals surface area contributed by atoms with Crippen molar-refractivity contribution in [2.75, 3.05) is 0 Å². The average Bonchev–Trinajstić information content (AvgIpc) is 2.78. The number of primary amides is 1. The summed E-state index contributed by atoms with van der Waals surface area (Å²) in [6.07, 6.45) is 1.66. The highest BCUT2D eigenvalue weighted by atomic mass is 16.5. The number of amides is 2. The zero-order valence-corrected chi connectivity index (χ0v) is 17.5. The van der Waals surface area contributed by atoms with Gasteiger partial charge in [0.1, 0.15) is 12.4 Å². The van der Waals surface area contributed by atoms with Crippen molar-refractivity contribution in [1.82, 2.24) is 5.32 Å². The summed E-state index contributed by atoms with van der Waals surface area (Å²) >= 11 is 0. The van der Waals surface area contributed by atoms with Gasteiger partial charge in [0.25, 0.3) is 0 Å². The summed E-state index contributed by atoms with van der Waals surface area (Å²) in [6, 6.07) is 27.2. The number of hydrogen-bond acceptors (Lipinski definition) is 3. The van der Waals surface area contributed by atoms with Crippen molar-refractivity contribution in [3.05, 3.63) is 102 Å². The molecule has 1 atom stereocenters. The van der Waals surface area contributed by atoms with Gasteiger partial charge in [-0.2, -0.15) is 0 Å². The van der Waals surface area contributed by atoms with Crippen molar-refractivity contribution in [2.24, 2.45) is 5.73 Å². The molecule has 0 fully saturated rings. The van der Waals surface area contributed by atoms with E-state index in [0.29, 0.717) is 25.9 Å². The minimum absolute atomic E-state index is 0.0662. The summed E-state index contributed by atoms with van der Waals surface area (Å²) in [4.78, 5) is 23.7. The molecule has 0 aliphatic carbocycles. The van der Waals surface area contributed by atoms with Crippen LogP contribution < -0.4 is 15.8 Å². The van der Waals surface area contributed by atoms with E-state index in [0.717, 1.165) is 22.4 Å². The number of ether oxygens (including phenoxy) is 1. The second kappa shape index (κ2) is 11.6. The maximum atomic E-state index is 12.5. The number of nitrogens with one attached hydrogen (secondary N) is 1. The number of carbonyl (C=O) groups excluding carboxylic acids is 2. The Morgan fingerprint density at radius 2 is 1.42 bits per heavy atom. The Morgan fingerprint density at radius 3 is 2.03 bits per heavy atom. The molecule has 3 N–H and O–H groups in total. The molecule has 3 rings (SSSR count). The first kappa shape index (κ1) is 22.1. The van der Waals surface area contributed by atoms with Crippen LogP contribution in [0, 0.1) is 0 Å². The molecule has 160 valence electrons. The maximum absolute atomic E-state index is 12.5. The fourth-order valence-electron chi connectivity index (χ4n) is 3.35. The Morgan fingerprint density at radius 1 is 0.806 bits per heavy atom. The molecule has 0 saturated carbocycles. The second-order valence-electron chi connectivity index (χ2n) is 7.55. The van der Waals surface area contributed by atoms with Gasteiger partial charge in [-0.3, -0.25) is 9.59 Å². The van der Waals surface area contributed by atoms with Crippen LogP contribution in [-0.2, 0) is 29.0 Å². The van der Waals surface area contributed by atoms with Crippen LogP contribution in [0.15, 0.2) is 84.9 Å². The molecular weight excluding hydrogens is 388 g/mol. The molecule has 31 heavy (non-hydrogen) atoms. The summed E-state index contributed by atoms with van der Waals surface area (Å²) in [5.41, 5.74) is 8.44. The lowest BCUT2D eigenvalue weighted by Crippen LogP contribution is -2.38. The predicted octanol–water partition coefficient (Wildman–Crippen LogP) is 3.80. The molecule has 0 aliphatic rings. The van der Waals surface area contributed by atoms with Gasteiger partial charge >= 0.3 is 0 Å². The first-order valence-electron chi connectivity index (χ1n) is 10.5. The van der Waals surface area contributed by atoms with E-state index >= 15 is 0 Å². The van der Waals surface area contributed by atoms with Gasteiger partial charge in [-0.05, 0) is 41.7 Å². The fourth-order valence-corrected chi connectivity index (χ4v) is 3.35. The van der Waals surface area contributed by atoms with E-state index in [9.17, 15) is 9.59 Å². The van der Waals surface area contributed by atoms with Crippen molar-refractivity contribution in [1.29, 1.82) is 0 Å². The van der Waals surface area contributed by atoms with Crippen LogP contribution in [0.4, 0.5) is 0 Å². The van der Waals surface area contributed by atoms with Crippen LogP contribution in [0.2, 0.25) is 0 Å². The van der Waals surface area contributed by atoms with Gasteiger partial charge in [-0.25, -0.2) is 0 Å². The molecule has 2 amide bonds. The summed E-state index contributed by atoms with van der Waals surface area (Å²) in [5, 5.41) is 3.05. The van der Waals surface area contributed by atoms with Crippen molar-refractivity contribution in [2.45, 2.75) is 38.3 Å². The van der Waals surface area contributed by atoms with Gasteiger partial charge < -0.3 is 15.8 Å². The van der Waals surface area contributed by atoms with Gasteiger partial charge in [0.2, 0.25) is 11.8 Å². The molecule has 0 heterocycles. The van der Waals surface area contributed by atoms with E-state index in [1.165, 1.54) is 0 Å². The summed E-state index contributed by atoms with van der Waals surface area (Å²) in [5.74, 6) is 0.352. The van der Waals surface area contributed by atoms with Crippen LogP contribution in [0.3, 0.4) is 0 Å². The third kappa shape index (κ3) is 7.97. The summed E-state index contributed by atoms with van der Waals surface area (Å²) < 4.78 is 5.83. The number of hydrogen-bond donors (Lipinski definition) is 2. The van der Waals surface area contributed by atoms with Crippen molar-refractivity contribution >= 4 is 11.8 Å². The Kier molecular flexibility index (Phi) is 8.23. The number of benzene rings is 3. The number of rotatable bonds is 11. The lowest BCUT2D eigenvalue weighted by atomic mass is 10.0. The number of nitrogens with two attached hydrogens (primary N) is 1. The molecule has 0 aliphatic heterocycles. The number of carbonyl (C=O) groups is 2. The molecule has 5 heteroatoms. The molecular formula is C26H28N2O3. The van der Waals surface area contributed by atoms with Crippen LogP contribution in [-0.4, -0.2) is 17.9 Å². The lowest BCUT2D eigenvalue weighted by molar-refractivity contribution is -0.122. The Labute approximate surface area is 183 Å². The minimum Gasteiger partial charge on any atom is -0.489 e. The SMILES string of the molecule is NC(=O)CC[C@@H](Cc1ccc(OCc2ccccc2)cc1)NC(=O)Cc1ccccc1. The van der Waals surface area contributed by atoms with E-state index in [-0.39, 0.29) is 24.3 Å². The third-order valence-electron chi connectivity index (χ3n) is 4.97. The Hall–Kier alpha value is -3.60. The monoisotopic (exact) mass is 416 g/mol. The minimum atomic E-state index is -0.369. The highest BCUT2D eigenvalue weighted by Crippen LogP contribution is 2.16. The van der Waals surface area contributed by atoms with Crippen molar-refractivity contribution in [3.63, 3.8) is 0 Å². The molecule has 0 spiro atoms. The Balaban J connectivity index is 1.56. The van der Waals surface area contributed by atoms with Crippen LogP contribution in [0.25, 0.3) is 0 Å². The highest BCUT2D eigenvalue weighted by molar-refractivity contribution is 5.79. The van der Waals surface area contributed by atoms with Gasteiger partial charge in [-0.1, -0.05) is 72.8 Å². The van der Waals surface area contributed by atoms with Crippen molar-refractivity contribution < 1.29 is 14.3 Å². The first-order valence-corrected chi connectivity index (χ1v) is 10.5. The smallest absolute Gasteiger partial charge is 0.224 e. The molecule has 0 aromatic heterocycles. The summed E-state index contributed by atoms with van der Waals surface area (Å²) in [7, 11) is 0. The van der Waals surface area contributed by atoms with E-state index in [1.807, 2.05) is 84.9 Å². The van der Waals surface area contributed by atoms with Crippen LogP contribution >= 0.6 is 0 Å². The van der Waals surface area contributed by atoms with E-state index < -0.39 is 0 Å². The van der Waals surface area contributed by atoms with Gasteiger partial charge in [-0.15, -0.1) is 0 Å². The average molecular weight is 417 g/mol. The van der Waals surface area contributed by atoms with E-state index in [1.54, 1.807) is 0 Å². The molecule has 3 aromatic carbocycles. The third-order valence-corrected chi connectivity index (χ3v) is 4.97. The zero-order valence-electron chi connectivity index (χ0n) is 17.5. The normalized spacial score (nSPS) is 11.5. The van der Waals surface area contributed by atoms with E-state index in [4.69, 9.17) is 10.5 Å².